The summed E-state index contributed by atoms with van der Waals surface area (Å²) in [5.41, 5.74) is 2.59. The Balaban J connectivity index is 1.28. The van der Waals surface area contributed by atoms with E-state index in [1.165, 1.54) is 6.42 Å². The number of aliphatic hydroxyl groups is 1. The smallest absolute Gasteiger partial charge is 0.228 e. The standard InChI is InChI=1S/C26H31N3O5/c30-16-23-26-21(14-19(33-23)15-25(32)29-10-2-1-3-11-29)20-13-18(4-5-22(20)34-26)28-24(31)12-17-6-8-27-9-7-17/h4-9,13,19,21,23,26,30H,1-3,10-12,14-16H2,(H,28,31)/t19-,21-,23+,26+/m0/s1. The fourth-order valence-corrected chi connectivity index (χ4v) is 5.33. The van der Waals surface area contributed by atoms with Gasteiger partial charge in [-0.05, 0) is 61.6 Å². The van der Waals surface area contributed by atoms with E-state index in [9.17, 15) is 14.7 Å². The summed E-state index contributed by atoms with van der Waals surface area (Å²) in [4.78, 5) is 31.3. The van der Waals surface area contributed by atoms with E-state index in [2.05, 4.69) is 10.3 Å². The minimum Gasteiger partial charge on any atom is -0.487 e. The quantitative estimate of drug-likeness (QED) is 0.680. The second-order valence-electron chi connectivity index (χ2n) is 9.38. The fraction of sp³-hybridized carbons (Fsp3) is 0.500. The van der Waals surface area contributed by atoms with Crippen molar-refractivity contribution in [2.75, 3.05) is 25.0 Å². The molecule has 4 heterocycles. The molecule has 1 aromatic carbocycles. The Morgan fingerprint density at radius 2 is 1.91 bits per heavy atom. The maximum absolute atomic E-state index is 12.8. The molecule has 0 spiro atoms. The second kappa shape index (κ2) is 10.1. The number of ether oxygens (including phenoxy) is 2. The van der Waals surface area contributed by atoms with Crippen molar-refractivity contribution in [3.63, 3.8) is 0 Å². The van der Waals surface area contributed by atoms with Crippen LogP contribution in [0.15, 0.2) is 42.7 Å². The molecule has 0 unspecified atom stereocenters. The average Bonchev–Trinajstić information content (AvgIpc) is 3.22. The maximum Gasteiger partial charge on any atom is 0.228 e. The molecule has 2 saturated heterocycles. The number of rotatable bonds is 6. The SMILES string of the molecule is O=C(Cc1ccncc1)Nc1ccc2c(c1)[C@@H]1C[C@@H](CC(=O)N3CCCCC3)O[C@H](CO)[C@@H]1O2. The summed E-state index contributed by atoms with van der Waals surface area (Å²) in [5, 5.41) is 12.9. The number of nitrogens with zero attached hydrogens (tertiary/aromatic N) is 2. The summed E-state index contributed by atoms with van der Waals surface area (Å²) in [6, 6.07) is 9.28. The van der Waals surface area contributed by atoms with Crippen molar-refractivity contribution in [1.82, 2.24) is 9.88 Å². The Bertz CT molecular complexity index is 1020. The zero-order chi connectivity index (χ0) is 23.5. The number of likely N-dealkylation sites (tertiary alicyclic amines) is 1. The van der Waals surface area contributed by atoms with Gasteiger partial charge in [-0.3, -0.25) is 14.6 Å². The molecule has 34 heavy (non-hydrogen) atoms. The lowest BCUT2D eigenvalue weighted by Gasteiger charge is -2.38. The number of piperidine rings is 1. The van der Waals surface area contributed by atoms with Crippen LogP contribution in [0, 0.1) is 0 Å². The molecule has 2 aromatic rings. The minimum absolute atomic E-state index is 0.00268. The number of aromatic nitrogens is 1. The summed E-state index contributed by atoms with van der Waals surface area (Å²) < 4.78 is 12.2. The van der Waals surface area contributed by atoms with Gasteiger partial charge in [0.25, 0.3) is 0 Å². The van der Waals surface area contributed by atoms with Crippen molar-refractivity contribution in [2.24, 2.45) is 0 Å². The number of aliphatic hydroxyl groups excluding tert-OH is 1. The summed E-state index contributed by atoms with van der Waals surface area (Å²) in [7, 11) is 0. The Hall–Kier alpha value is -2.97. The molecule has 3 aliphatic heterocycles. The van der Waals surface area contributed by atoms with Crippen molar-refractivity contribution in [3.8, 4) is 5.75 Å². The van der Waals surface area contributed by atoms with Crippen molar-refractivity contribution < 1.29 is 24.2 Å². The van der Waals surface area contributed by atoms with Crippen molar-refractivity contribution >= 4 is 17.5 Å². The lowest BCUT2D eigenvalue weighted by molar-refractivity contribution is -0.149. The molecule has 2 amide bonds. The van der Waals surface area contributed by atoms with E-state index >= 15 is 0 Å². The van der Waals surface area contributed by atoms with E-state index in [1.807, 2.05) is 35.2 Å². The van der Waals surface area contributed by atoms with Crippen LogP contribution in [0.1, 0.15) is 49.1 Å². The van der Waals surface area contributed by atoms with Gasteiger partial charge in [0, 0.05) is 42.7 Å². The second-order valence-corrected chi connectivity index (χ2v) is 9.38. The molecule has 1 aromatic heterocycles. The monoisotopic (exact) mass is 465 g/mol. The van der Waals surface area contributed by atoms with E-state index in [4.69, 9.17) is 9.47 Å². The first-order chi connectivity index (χ1) is 16.6. The van der Waals surface area contributed by atoms with E-state index < -0.39 is 6.10 Å². The zero-order valence-electron chi connectivity index (χ0n) is 19.2. The van der Waals surface area contributed by atoms with Crippen molar-refractivity contribution in [1.29, 1.82) is 0 Å². The number of hydrogen-bond acceptors (Lipinski definition) is 6. The Labute approximate surface area is 199 Å². The third kappa shape index (κ3) is 4.93. The van der Waals surface area contributed by atoms with Crippen LogP contribution in [0.3, 0.4) is 0 Å². The van der Waals surface area contributed by atoms with Crippen LogP contribution >= 0.6 is 0 Å². The van der Waals surface area contributed by atoms with Gasteiger partial charge in [-0.2, -0.15) is 0 Å². The van der Waals surface area contributed by atoms with Gasteiger partial charge in [0.1, 0.15) is 18.0 Å². The number of hydrogen-bond donors (Lipinski definition) is 2. The molecule has 4 atom stereocenters. The van der Waals surface area contributed by atoms with Gasteiger partial charge >= 0.3 is 0 Å². The van der Waals surface area contributed by atoms with Gasteiger partial charge in [-0.15, -0.1) is 0 Å². The van der Waals surface area contributed by atoms with Crippen LogP contribution in [-0.4, -0.2) is 64.8 Å². The summed E-state index contributed by atoms with van der Waals surface area (Å²) in [5.74, 6) is 0.757. The predicted molar refractivity (Wildman–Crippen MR) is 126 cm³/mol. The third-order valence-electron chi connectivity index (χ3n) is 7.01. The molecule has 0 aliphatic carbocycles. The van der Waals surface area contributed by atoms with E-state index in [0.717, 1.165) is 42.8 Å². The van der Waals surface area contributed by atoms with Crippen LogP contribution in [0.5, 0.6) is 5.75 Å². The zero-order valence-corrected chi connectivity index (χ0v) is 19.2. The highest BCUT2D eigenvalue weighted by Crippen LogP contribution is 2.47. The predicted octanol–water partition coefficient (Wildman–Crippen LogP) is 2.66. The van der Waals surface area contributed by atoms with Crippen molar-refractivity contribution in [2.45, 2.75) is 62.8 Å². The number of benzene rings is 1. The van der Waals surface area contributed by atoms with E-state index in [-0.39, 0.29) is 43.0 Å². The Kier molecular flexibility index (Phi) is 6.78. The summed E-state index contributed by atoms with van der Waals surface area (Å²) in [6.07, 6.45) is 6.79. The molecule has 2 fully saturated rings. The number of fused-ring (bicyclic) bond motifs is 3. The molecule has 0 bridgehead atoms. The number of pyridine rings is 1. The number of nitrogens with one attached hydrogen (secondary N) is 1. The molecular formula is C26H31N3O5. The van der Waals surface area contributed by atoms with Crippen LogP contribution in [0.2, 0.25) is 0 Å². The molecular weight excluding hydrogens is 434 g/mol. The normalized spacial score (nSPS) is 25.7. The summed E-state index contributed by atoms with van der Waals surface area (Å²) in [6.45, 7) is 1.46. The highest BCUT2D eigenvalue weighted by atomic mass is 16.6. The molecule has 3 aliphatic rings. The third-order valence-corrected chi connectivity index (χ3v) is 7.01. The molecule has 2 N–H and O–H groups in total. The molecule has 0 radical (unpaired) electrons. The topological polar surface area (TPSA) is 101 Å². The van der Waals surface area contributed by atoms with Gasteiger partial charge in [-0.25, -0.2) is 0 Å². The van der Waals surface area contributed by atoms with E-state index in [0.29, 0.717) is 18.5 Å². The lowest BCUT2D eigenvalue weighted by Crippen LogP contribution is -2.48. The van der Waals surface area contributed by atoms with Crippen LogP contribution in [0.25, 0.3) is 0 Å². The summed E-state index contributed by atoms with van der Waals surface area (Å²) >= 11 is 0. The van der Waals surface area contributed by atoms with Crippen molar-refractivity contribution in [3.05, 3.63) is 53.9 Å². The van der Waals surface area contributed by atoms with Crippen LogP contribution in [0.4, 0.5) is 5.69 Å². The largest absolute Gasteiger partial charge is 0.487 e. The minimum atomic E-state index is -0.491. The number of anilines is 1. The molecule has 0 saturated carbocycles. The highest BCUT2D eigenvalue weighted by Gasteiger charge is 2.46. The number of amides is 2. The van der Waals surface area contributed by atoms with Gasteiger partial charge in [-0.1, -0.05) is 0 Å². The molecule has 8 heteroatoms. The number of carbonyl (C=O) groups is 2. The fourth-order valence-electron chi connectivity index (χ4n) is 5.33. The lowest BCUT2D eigenvalue weighted by atomic mass is 9.84. The first-order valence-corrected chi connectivity index (χ1v) is 12.1. The van der Waals surface area contributed by atoms with Gasteiger partial charge in [0.15, 0.2) is 0 Å². The highest BCUT2D eigenvalue weighted by molar-refractivity contribution is 5.92. The molecule has 180 valence electrons. The number of carbonyl (C=O) groups excluding carboxylic acids is 2. The van der Waals surface area contributed by atoms with Gasteiger partial charge < -0.3 is 24.8 Å². The first kappa shape index (κ1) is 22.8. The van der Waals surface area contributed by atoms with Crippen LogP contribution < -0.4 is 10.1 Å². The first-order valence-electron chi connectivity index (χ1n) is 12.1. The Morgan fingerprint density at radius 1 is 1.12 bits per heavy atom. The van der Waals surface area contributed by atoms with Gasteiger partial charge in [0.2, 0.25) is 11.8 Å². The van der Waals surface area contributed by atoms with Crippen LogP contribution in [-0.2, 0) is 20.7 Å². The molecule has 5 rings (SSSR count). The average molecular weight is 466 g/mol. The van der Waals surface area contributed by atoms with Gasteiger partial charge in [0.05, 0.1) is 25.6 Å². The molecule has 8 nitrogen and oxygen atoms in total. The Morgan fingerprint density at radius 3 is 2.68 bits per heavy atom. The maximum atomic E-state index is 12.8. The van der Waals surface area contributed by atoms with E-state index in [1.54, 1.807) is 12.4 Å².